The second-order valence-electron chi connectivity index (χ2n) is 8.55. The van der Waals surface area contributed by atoms with E-state index in [0.717, 1.165) is 9.83 Å². The zero-order valence-electron chi connectivity index (χ0n) is 18.4. The van der Waals surface area contributed by atoms with Crippen LogP contribution in [0.1, 0.15) is 12.8 Å². The summed E-state index contributed by atoms with van der Waals surface area (Å²) < 4.78 is 42.3. The molecule has 0 spiro atoms. The summed E-state index contributed by atoms with van der Waals surface area (Å²) in [5.41, 5.74) is 0.380. The quantitative estimate of drug-likeness (QED) is 0.520. The predicted molar refractivity (Wildman–Crippen MR) is 131 cm³/mol. The first kappa shape index (κ1) is 23.5. The summed E-state index contributed by atoms with van der Waals surface area (Å²) in [6.45, 7) is 2.84. The number of nitrogens with zero attached hydrogens (tertiary/aromatic N) is 4. The number of hydrogen-bond acceptors (Lipinski definition) is 6. The number of carbonyl (C=O) groups excluding carboxylic acids is 1. The Hall–Kier alpha value is -2.27. The van der Waals surface area contributed by atoms with Gasteiger partial charge < -0.3 is 9.80 Å². The van der Waals surface area contributed by atoms with Gasteiger partial charge in [-0.15, -0.1) is 0 Å². The van der Waals surface area contributed by atoms with Crippen molar-refractivity contribution in [3.63, 3.8) is 0 Å². The van der Waals surface area contributed by atoms with Gasteiger partial charge in [-0.2, -0.15) is 4.31 Å². The van der Waals surface area contributed by atoms with Gasteiger partial charge >= 0.3 is 0 Å². The highest BCUT2D eigenvalue weighted by atomic mass is 35.5. The van der Waals surface area contributed by atoms with Crippen LogP contribution in [0.2, 0.25) is 5.02 Å². The van der Waals surface area contributed by atoms with E-state index in [0.29, 0.717) is 56.1 Å². The number of rotatable bonds is 4. The van der Waals surface area contributed by atoms with Gasteiger partial charge in [0.05, 0.1) is 15.5 Å². The van der Waals surface area contributed by atoms with Crippen LogP contribution in [0.5, 0.6) is 0 Å². The molecule has 0 saturated carbocycles. The summed E-state index contributed by atoms with van der Waals surface area (Å²) in [6.07, 6.45) is 1.31. The van der Waals surface area contributed by atoms with Gasteiger partial charge in [-0.1, -0.05) is 29.0 Å². The van der Waals surface area contributed by atoms with Crippen molar-refractivity contribution in [2.24, 2.45) is 5.92 Å². The van der Waals surface area contributed by atoms with Gasteiger partial charge in [0.15, 0.2) is 5.13 Å². The first-order chi connectivity index (χ1) is 16.3. The van der Waals surface area contributed by atoms with Crippen LogP contribution in [-0.2, 0) is 14.8 Å². The Balaban J connectivity index is 1.22. The van der Waals surface area contributed by atoms with Crippen LogP contribution in [0.3, 0.4) is 0 Å². The minimum Gasteiger partial charge on any atom is -0.345 e. The van der Waals surface area contributed by atoms with Crippen LogP contribution >= 0.6 is 22.9 Å². The first-order valence-electron chi connectivity index (χ1n) is 11.2. The highest BCUT2D eigenvalue weighted by Crippen LogP contribution is 2.31. The van der Waals surface area contributed by atoms with Crippen molar-refractivity contribution in [3.8, 4) is 0 Å². The van der Waals surface area contributed by atoms with Crippen molar-refractivity contribution in [2.75, 3.05) is 44.2 Å². The normalized spacial score (nSPS) is 20.1. The van der Waals surface area contributed by atoms with Gasteiger partial charge in [-0.3, -0.25) is 4.79 Å². The Kier molecular flexibility index (Phi) is 6.49. The summed E-state index contributed by atoms with van der Waals surface area (Å²) in [6, 6.07) is 11.0. The average Bonchev–Trinajstić information content (AvgIpc) is 3.30. The van der Waals surface area contributed by atoms with Crippen LogP contribution in [-0.4, -0.2) is 67.8 Å². The largest absolute Gasteiger partial charge is 0.345 e. The Morgan fingerprint density at radius 3 is 2.50 bits per heavy atom. The topological polar surface area (TPSA) is 73.8 Å². The van der Waals surface area contributed by atoms with E-state index in [1.165, 1.54) is 33.8 Å². The number of aromatic nitrogens is 1. The van der Waals surface area contributed by atoms with Crippen LogP contribution < -0.4 is 4.90 Å². The van der Waals surface area contributed by atoms with Crippen molar-refractivity contribution in [2.45, 2.75) is 17.7 Å². The van der Waals surface area contributed by atoms with Crippen molar-refractivity contribution >= 4 is 54.2 Å². The third kappa shape index (κ3) is 4.51. The third-order valence-corrected chi connectivity index (χ3v) is 9.62. The van der Waals surface area contributed by atoms with Crippen LogP contribution in [0.25, 0.3) is 10.2 Å². The van der Waals surface area contributed by atoms with Crippen LogP contribution in [0.15, 0.2) is 47.4 Å². The van der Waals surface area contributed by atoms with Crippen molar-refractivity contribution in [1.29, 1.82) is 0 Å². The fourth-order valence-corrected chi connectivity index (χ4v) is 7.21. The van der Waals surface area contributed by atoms with Gasteiger partial charge in [0.2, 0.25) is 15.9 Å². The number of piperidine rings is 1. The molecule has 3 heterocycles. The number of benzene rings is 2. The molecular weight excluding hydrogens is 499 g/mol. The smallest absolute Gasteiger partial charge is 0.243 e. The van der Waals surface area contributed by atoms with Gasteiger partial charge in [-0.25, -0.2) is 17.8 Å². The fourth-order valence-electron chi connectivity index (χ4n) is 4.53. The Bertz CT molecular complexity index is 1310. The molecule has 180 valence electrons. The van der Waals surface area contributed by atoms with E-state index < -0.39 is 10.0 Å². The molecule has 0 radical (unpaired) electrons. The minimum atomic E-state index is -3.68. The maximum atomic E-state index is 14.0. The lowest BCUT2D eigenvalue weighted by Crippen LogP contribution is -2.53. The Labute approximate surface area is 206 Å². The minimum absolute atomic E-state index is 0.00833. The summed E-state index contributed by atoms with van der Waals surface area (Å²) >= 11 is 7.34. The summed E-state index contributed by atoms with van der Waals surface area (Å²) in [5, 5.41) is 1.23. The highest BCUT2D eigenvalue weighted by Gasteiger charge is 2.36. The molecule has 2 aliphatic rings. The fraction of sp³-hybridized carbons (Fsp3) is 0.391. The zero-order valence-corrected chi connectivity index (χ0v) is 20.8. The number of thiazole rings is 1. The monoisotopic (exact) mass is 522 g/mol. The van der Waals surface area contributed by atoms with Gasteiger partial charge in [0, 0.05) is 44.3 Å². The van der Waals surface area contributed by atoms with E-state index >= 15 is 0 Å². The lowest BCUT2D eigenvalue weighted by Gasteiger charge is -2.38. The predicted octanol–water partition coefficient (Wildman–Crippen LogP) is 3.84. The van der Waals surface area contributed by atoms with Crippen LogP contribution in [0.4, 0.5) is 9.52 Å². The van der Waals surface area contributed by atoms with Gasteiger partial charge in [0.1, 0.15) is 11.3 Å². The highest BCUT2D eigenvalue weighted by molar-refractivity contribution is 7.89. The van der Waals surface area contributed by atoms with Crippen LogP contribution in [0, 0.1) is 11.7 Å². The second kappa shape index (κ2) is 9.41. The molecule has 3 aromatic rings. The molecular formula is C23H24ClFN4O3S2. The molecule has 34 heavy (non-hydrogen) atoms. The number of fused-ring (bicyclic) bond motifs is 1. The molecule has 2 aromatic carbocycles. The molecule has 0 bridgehead atoms. The number of piperazine rings is 1. The van der Waals surface area contributed by atoms with Crippen molar-refractivity contribution in [3.05, 3.63) is 53.3 Å². The Morgan fingerprint density at radius 1 is 1.06 bits per heavy atom. The number of para-hydroxylation sites is 1. The van der Waals surface area contributed by atoms with E-state index in [1.807, 2.05) is 11.0 Å². The number of carbonyl (C=O) groups is 1. The SMILES string of the molecule is O=C(C1CCCN(S(=O)(=O)c2ccc(Cl)cc2)C1)N1CCN(c2nc3c(F)cccc3s2)CC1. The Morgan fingerprint density at radius 2 is 1.79 bits per heavy atom. The molecule has 7 nitrogen and oxygen atoms in total. The van der Waals surface area contributed by atoms with E-state index in [9.17, 15) is 17.6 Å². The number of sulfonamides is 1. The second-order valence-corrected chi connectivity index (χ2v) is 11.9. The zero-order chi connectivity index (χ0) is 23.9. The van der Waals surface area contributed by atoms with Crippen molar-refractivity contribution < 1.29 is 17.6 Å². The molecule has 11 heteroatoms. The molecule has 1 unspecified atom stereocenters. The summed E-state index contributed by atoms with van der Waals surface area (Å²) in [5.74, 6) is -0.700. The van der Waals surface area contributed by atoms with E-state index in [4.69, 9.17) is 11.6 Å². The number of hydrogen-bond donors (Lipinski definition) is 0. The lowest BCUT2D eigenvalue weighted by atomic mass is 9.98. The number of amides is 1. The summed E-state index contributed by atoms with van der Waals surface area (Å²) in [4.78, 5) is 21.8. The lowest BCUT2D eigenvalue weighted by molar-refractivity contribution is -0.137. The standard InChI is InChI=1S/C23H24ClFN4O3S2/c24-17-6-8-18(9-7-17)34(31,32)29-10-2-3-16(15-29)22(30)27-11-13-28(14-12-27)23-26-21-19(25)4-1-5-20(21)33-23/h1,4-9,16H,2-3,10-15H2. The molecule has 1 atom stereocenters. The molecule has 0 N–H and O–H groups in total. The van der Waals surface area contributed by atoms with E-state index in [1.54, 1.807) is 18.2 Å². The number of anilines is 1. The van der Waals surface area contributed by atoms with E-state index in [2.05, 4.69) is 9.88 Å². The average molecular weight is 523 g/mol. The molecule has 2 saturated heterocycles. The maximum Gasteiger partial charge on any atom is 0.243 e. The molecule has 2 fully saturated rings. The molecule has 5 rings (SSSR count). The molecule has 1 aromatic heterocycles. The summed E-state index contributed by atoms with van der Waals surface area (Å²) in [7, 11) is -3.68. The molecule has 2 aliphatic heterocycles. The van der Waals surface area contributed by atoms with Gasteiger partial charge in [-0.05, 0) is 49.2 Å². The maximum absolute atomic E-state index is 14.0. The van der Waals surface area contributed by atoms with Gasteiger partial charge in [0.25, 0.3) is 0 Å². The molecule has 0 aliphatic carbocycles. The number of halogens is 2. The molecule has 1 amide bonds. The van der Waals surface area contributed by atoms with Crippen molar-refractivity contribution in [1.82, 2.24) is 14.2 Å². The third-order valence-electron chi connectivity index (χ3n) is 6.41. The van der Waals surface area contributed by atoms with E-state index in [-0.39, 0.29) is 29.1 Å². The first-order valence-corrected chi connectivity index (χ1v) is 13.8.